The minimum Gasteiger partial charge on any atom is -0.383 e. The van der Waals surface area contributed by atoms with Crippen molar-refractivity contribution in [3.05, 3.63) is 71.7 Å². The Labute approximate surface area is 146 Å². The molecule has 3 aromatic rings. The summed E-state index contributed by atoms with van der Waals surface area (Å²) in [6, 6.07) is 13.7. The van der Waals surface area contributed by atoms with E-state index >= 15 is 0 Å². The fourth-order valence-corrected chi connectivity index (χ4v) is 2.94. The maximum absolute atomic E-state index is 13.5. The molecule has 2 aromatic carbocycles. The number of aromatic nitrogens is 1. The van der Waals surface area contributed by atoms with Crippen molar-refractivity contribution in [2.24, 2.45) is 0 Å². The van der Waals surface area contributed by atoms with Crippen LogP contribution in [0.1, 0.15) is 22.8 Å². The second-order valence-corrected chi connectivity index (χ2v) is 6.15. The first kappa shape index (κ1) is 17.2. The molecular formula is C20H21FN2O2. The highest BCUT2D eigenvalue weighted by Gasteiger charge is 2.22. The summed E-state index contributed by atoms with van der Waals surface area (Å²) in [6.07, 6.45) is 1.84. The molecule has 1 unspecified atom stereocenters. The molecule has 0 spiro atoms. The van der Waals surface area contributed by atoms with Gasteiger partial charge >= 0.3 is 0 Å². The minimum atomic E-state index is -0.308. The monoisotopic (exact) mass is 340 g/mol. The number of hydrogen-bond acceptors (Lipinski definition) is 2. The highest BCUT2D eigenvalue weighted by atomic mass is 19.1. The second kappa shape index (κ2) is 7.49. The van der Waals surface area contributed by atoms with E-state index in [4.69, 9.17) is 4.74 Å². The van der Waals surface area contributed by atoms with Crippen LogP contribution < -0.4 is 0 Å². The highest BCUT2D eigenvalue weighted by molar-refractivity contribution is 5.98. The van der Waals surface area contributed by atoms with Gasteiger partial charge in [0.1, 0.15) is 5.82 Å². The number of carbonyl (C=O) groups is 1. The standard InChI is InChI=1S/C20H21FN2O2/c1-14(13-25-2)23(12-15-4-3-5-18(21)10-15)20(24)17-7-6-16-8-9-22-19(16)11-17/h3-11,14,22H,12-13H2,1-2H3. The van der Waals surface area contributed by atoms with Crippen molar-refractivity contribution in [1.29, 1.82) is 0 Å². The molecule has 4 nitrogen and oxygen atoms in total. The van der Waals surface area contributed by atoms with Crippen LogP contribution in [-0.4, -0.2) is 35.5 Å². The Balaban J connectivity index is 1.90. The van der Waals surface area contributed by atoms with Gasteiger partial charge < -0.3 is 14.6 Å². The van der Waals surface area contributed by atoms with Crippen LogP contribution in [0.2, 0.25) is 0 Å². The molecule has 0 aliphatic carbocycles. The summed E-state index contributed by atoms with van der Waals surface area (Å²) in [5.41, 5.74) is 2.25. The van der Waals surface area contributed by atoms with E-state index < -0.39 is 0 Å². The van der Waals surface area contributed by atoms with Gasteiger partial charge in [0.25, 0.3) is 5.91 Å². The fraction of sp³-hybridized carbons (Fsp3) is 0.250. The Morgan fingerprint density at radius 3 is 2.84 bits per heavy atom. The molecule has 25 heavy (non-hydrogen) atoms. The quantitative estimate of drug-likeness (QED) is 0.737. The van der Waals surface area contributed by atoms with Gasteiger partial charge in [-0.2, -0.15) is 0 Å². The number of nitrogens with zero attached hydrogens (tertiary/aromatic N) is 1. The van der Waals surface area contributed by atoms with E-state index in [-0.39, 0.29) is 17.8 Å². The van der Waals surface area contributed by atoms with Gasteiger partial charge in [0.2, 0.25) is 0 Å². The topological polar surface area (TPSA) is 45.3 Å². The third-order valence-electron chi connectivity index (χ3n) is 4.24. The molecule has 0 aliphatic rings. The van der Waals surface area contributed by atoms with Crippen LogP contribution in [0.3, 0.4) is 0 Å². The molecule has 0 radical (unpaired) electrons. The van der Waals surface area contributed by atoms with Gasteiger partial charge in [0.05, 0.1) is 12.6 Å². The largest absolute Gasteiger partial charge is 0.383 e. The van der Waals surface area contributed by atoms with Crippen molar-refractivity contribution < 1.29 is 13.9 Å². The lowest BCUT2D eigenvalue weighted by atomic mass is 10.1. The minimum absolute atomic E-state index is 0.106. The van der Waals surface area contributed by atoms with Gasteiger partial charge in [-0.05, 0) is 48.2 Å². The zero-order chi connectivity index (χ0) is 17.8. The third kappa shape index (κ3) is 3.88. The maximum Gasteiger partial charge on any atom is 0.254 e. The van der Waals surface area contributed by atoms with Crippen molar-refractivity contribution in [3.63, 3.8) is 0 Å². The van der Waals surface area contributed by atoms with Crippen LogP contribution in [0.4, 0.5) is 4.39 Å². The molecule has 0 saturated heterocycles. The molecule has 0 fully saturated rings. The molecule has 1 heterocycles. The maximum atomic E-state index is 13.5. The number of H-pyrrole nitrogens is 1. The van der Waals surface area contributed by atoms with Crippen LogP contribution >= 0.6 is 0 Å². The molecule has 5 heteroatoms. The summed E-state index contributed by atoms with van der Waals surface area (Å²) in [6.45, 7) is 2.66. The van der Waals surface area contributed by atoms with Crippen molar-refractivity contribution >= 4 is 16.8 Å². The Kier molecular flexibility index (Phi) is 5.14. The van der Waals surface area contributed by atoms with Crippen molar-refractivity contribution in [3.8, 4) is 0 Å². The molecule has 0 aliphatic heterocycles. The Morgan fingerprint density at radius 1 is 1.24 bits per heavy atom. The molecular weight excluding hydrogens is 319 g/mol. The number of fused-ring (bicyclic) bond motifs is 1. The van der Waals surface area contributed by atoms with Crippen LogP contribution in [0, 0.1) is 5.82 Å². The lowest BCUT2D eigenvalue weighted by Gasteiger charge is -2.29. The summed E-state index contributed by atoms with van der Waals surface area (Å²) in [7, 11) is 1.60. The number of rotatable bonds is 6. The number of benzene rings is 2. The molecule has 1 atom stereocenters. The summed E-state index contributed by atoms with van der Waals surface area (Å²) in [5.74, 6) is -0.414. The SMILES string of the molecule is COCC(C)N(Cc1cccc(F)c1)C(=O)c1ccc2cc[nH]c2c1. The van der Waals surface area contributed by atoms with E-state index in [1.54, 1.807) is 18.1 Å². The number of amides is 1. The smallest absolute Gasteiger partial charge is 0.254 e. The number of methoxy groups -OCH3 is 1. The molecule has 0 saturated carbocycles. The van der Waals surface area contributed by atoms with Crippen molar-refractivity contribution in [2.75, 3.05) is 13.7 Å². The second-order valence-electron chi connectivity index (χ2n) is 6.15. The Hall–Kier alpha value is -2.66. The Morgan fingerprint density at radius 2 is 2.08 bits per heavy atom. The summed E-state index contributed by atoms with van der Waals surface area (Å²) >= 11 is 0. The van der Waals surface area contributed by atoms with E-state index in [2.05, 4.69) is 4.98 Å². The van der Waals surface area contributed by atoms with Gasteiger partial charge in [0, 0.05) is 30.9 Å². The first-order valence-corrected chi connectivity index (χ1v) is 8.20. The fourth-order valence-electron chi connectivity index (χ4n) is 2.94. The van der Waals surface area contributed by atoms with E-state index in [0.29, 0.717) is 18.7 Å². The number of nitrogens with one attached hydrogen (secondary N) is 1. The van der Waals surface area contributed by atoms with Gasteiger partial charge in [-0.25, -0.2) is 4.39 Å². The van der Waals surface area contributed by atoms with Crippen LogP contribution in [0.15, 0.2) is 54.7 Å². The number of ether oxygens (including phenoxy) is 1. The van der Waals surface area contributed by atoms with Gasteiger partial charge in [-0.3, -0.25) is 4.79 Å². The molecule has 1 aromatic heterocycles. The number of hydrogen-bond donors (Lipinski definition) is 1. The van der Waals surface area contributed by atoms with Crippen LogP contribution in [0.5, 0.6) is 0 Å². The summed E-state index contributed by atoms with van der Waals surface area (Å²) in [5, 5.41) is 1.05. The number of aromatic amines is 1. The third-order valence-corrected chi connectivity index (χ3v) is 4.24. The normalized spacial score (nSPS) is 12.3. The molecule has 3 rings (SSSR count). The van der Waals surface area contributed by atoms with Crippen LogP contribution in [0.25, 0.3) is 10.9 Å². The van der Waals surface area contributed by atoms with E-state index in [0.717, 1.165) is 16.5 Å². The molecule has 130 valence electrons. The van der Waals surface area contributed by atoms with E-state index in [9.17, 15) is 9.18 Å². The number of carbonyl (C=O) groups excluding carboxylic acids is 1. The molecule has 1 N–H and O–H groups in total. The van der Waals surface area contributed by atoms with Gasteiger partial charge in [-0.1, -0.05) is 18.2 Å². The predicted molar refractivity (Wildman–Crippen MR) is 95.9 cm³/mol. The lowest BCUT2D eigenvalue weighted by molar-refractivity contribution is 0.0542. The average Bonchev–Trinajstić information content (AvgIpc) is 3.07. The van der Waals surface area contributed by atoms with Gasteiger partial charge in [0.15, 0.2) is 0 Å². The predicted octanol–water partition coefficient (Wildman–Crippen LogP) is 3.98. The first-order valence-electron chi connectivity index (χ1n) is 8.20. The Bertz CT molecular complexity index is 875. The molecule has 1 amide bonds. The summed E-state index contributed by atoms with van der Waals surface area (Å²) < 4.78 is 18.7. The first-order chi connectivity index (χ1) is 12.1. The zero-order valence-corrected chi connectivity index (χ0v) is 14.3. The lowest BCUT2D eigenvalue weighted by Crippen LogP contribution is -2.40. The van der Waals surface area contributed by atoms with Crippen LogP contribution in [-0.2, 0) is 11.3 Å². The van der Waals surface area contributed by atoms with E-state index in [1.165, 1.54) is 12.1 Å². The zero-order valence-electron chi connectivity index (χ0n) is 14.3. The van der Waals surface area contributed by atoms with E-state index in [1.807, 2.05) is 43.5 Å². The van der Waals surface area contributed by atoms with Crippen molar-refractivity contribution in [1.82, 2.24) is 9.88 Å². The number of halogens is 1. The average molecular weight is 340 g/mol. The van der Waals surface area contributed by atoms with Gasteiger partial charge in [-0.15, -0.1) is 0 Å². The molecule has 0 bridgehead atoms. The highest BCUT2D eigenvalue weighted by Crippen LogP contribution is 2.19. The van der Waals surface area contributed by atoms with Crippen molar-refractivity contribution in [2.45, 2.75) is 19.5 Å². The summed E-state index contributed by atoms with van der Waals surface area (Å²) in [4.78, 5) is 17.9.